The molecule has 1 saturated heterocycles. The van der Waals surface area contributed by atoms with Crippen molar-refractivity contribution < 1.29 is 14.9 Å². The molecule has 1 heterocycles. The Balaban J connectivity index is 1.62. The Morgan fingerprint density at radius 2 is 2.00 bits per heavy atom. The lowest BCUT2D eigenvalue weighted by atomic mass is 10.2. The van der Waals surface area contributed by atoms with Crippen LogP contribution < -0.4 is 5.32 Å². The maximum atomic E-state index is 9.65. The first-order valence-electron chi connectivity index (χ1n) is 6.78. The lowest BCUT2D eigenvalue weighted by Crippen LogP contribution is -2.37. The van der Waals surface area contributed by atoms with Gasteiger partial charge in [-0.25, -0.2) is 0 Å². The average Bonchev–Trinajstić information content (AvgIpc) is 2.44. The second-order valence-electron chi connectivity index (χ2n) is 4.77. The van der Waals surface area contributed by atoms with Crippen molar-refractivity contribution in [2.24, 2.45) is 0 Å². The maximum Gasteiger partial charge on any atom is 0.161 e. The minimum Gasteiger partial charge on any atom is -0.504 e. The van der Waals surface area contributed by atoms with E-state index in [2.05, 4.69) is 10.2 Å². The first-order chi connectivity index (χ1) is 9.27. The fraction of sp³-hybridized carbons (Fsp3) is 0.571. The topological polar surface area (TPSA) is 65.0 Å². The first-order valence-corrected chi connectivity index (χ1v) is 6.78. The summed E-state index contributed by atoms with van der Waals surface area (Å²) >= 11 is 0. The van der Waals surface area contributed by atoms with Gasteiger partial charge in [-0.15, -0.1) is 0 Å². The SMILES string of the molecule is Oc1cccc(CNCCCN2CCOCC2)c1O. The number of para-hydroxylation sites is 1. The van der Waals surface area contributed by atoms with E-state index in [9.17, 15) is 10.2 Å². The van der Waals surface area contributed by atoms with E-state index in [0.29, 0.717) is 6.54 Å². The van der Waals surface area contributed by atoms with E-state index in [1.54, 1.807) is 6.07 Å². The summed E-state index contributed by atoms with van der Waals surface area (Å²) in [6.45, 7) is 6.26. The molecule has 19 heavy (non-hydrogen) atoms. The first kappa shape index (κ1) is 14.1. The number of hydrogen-bond acceptors (Lipinski definition) is 5. The van der Waals surface area contributed by atoms with Crippen LogP contribution in [0, 0.1) is 0 Å². The van der Waals surface area contributed by atoms with E-state index in [0.717, 1.165) is 51.4 Å². The summed E-state index contributed by atoms with van der Waals surface area (Å²) in [5.74, 6) is -0.0872. The number of ether oxygens (including phenoxy) is 1. The second-order valence-corrected chi connectivity index (χ2v) is 4.77. The van der Waals surface area contributed by atoms with Crippen LogP contribution in [0.3, 0.4) is 0 Å². The van der Waals surface area contributed by atoms with Crippen molar-refractivity contribution >= 4 is 0 Å². The molecule has 1 aliphatic rings. The van der Waals surface area contributed by atoms with E-state index in [4.69, 9.17) is 4.74 Å². The third-order valence-electron chi connectivity index (χ3n) is 3.35. The predicted octanol–water partition coefficient (Wildman–Crippen LogP) is 0.910. The molecule has 2 rings (SSSR count). The molecule has 1 fully saturated rings. The van der Waals surface area contributed by atoms with Gasteiger partial charge in [0.1, 0.15) is 0 Å². The number of phenolic OH excluding ortho intramolecular Hbond substituents is 2. The Morgan fingerprint density at radius 1 is 1.21 bits per heavy atom. The maximum absolute atomic E-state index is 9.65. The quantitative estimate of drug-likeness (QED) is 0.527. The summed E-state index contributed by atoms with van der Waals surface area (Å²) in [5.41, 5.74) is 0.728. The highest BCUT2D eigenvalue weighted by Crippen LogP contribution is 2.27. The number of nitrogens with zero attached hydrogens (tertiary/aromatic N) is 1. The molecule has 0 radical (unpaired) electrons. The van der Waals surface area contributed by atoms with Crippen molar-refractivity contribution in [2.75, 3.05) is 39.4 Å². The lowest BCUT2D eigenvalue weighted by molar-refractivity contribution is 0.0374. The number of rotatable bonds is 6. The average molecular weight is 266 g/mol. The summed E-state index contributed by atoms with van der Waals surface area (Å²) in [6.07, 6.45) is 1.07. The summed E-state index contributed by atoms with van der Waals surface area (Å²) < 4.78 is 5.30. The number of nitrogens with one attached hydrogen (secondary N) is 1. The largest absolute Gasteiger partial charge is 0.504 e. The third-order valence-corrected chi connectivity index (χ3v) is 3.35. The third kappa shape index (κ3) is 4.38. The molecule has 0 aliphatic carbocycles. The standard InChI is InChI=1S/C14H22N2O3/c17-13-4-1-3-12(14(13)18)11-15-5-2-6-16-7-9-19-10-8-16/h1,3-4,15,17-18H,2,5-11H2. The van der Waals surface area contributed by atoms with Crippen molar-refractivity contribution in [3.8, 4) is 11.5 Å². The van der Waals surface area contributed by atoms with Crippen LogP contribution in [0.4, 0.5) is 0 Å². The number of phenols is 2. The van der Waals surface area contributed by atoms with Crippen LogP contribution in [-0.4, -0.2) is 54.5 Å². The second kappa shape index (κ2) is 7.33. The van der Waals surface area contributed by atoms with Crippen LogP contribution in [0.15, 0.2) is 18.2 Å². The van der Waals surface area contributed by atoms with E-state index >= 15 is 0 Å². The van der Waals surface area contributed by atoms with Crippen molar-refractivity contribution in [3.05, 3.63) is 23.8 Å². The van der Waals surface area contributed by atoms with Crippen molar-refractivity contribution in [1.82, 2.24) is 10.2 Å². The van der Waals surface area contributed by atoms with Gasteiger partial charge in [0.25, 0.3) is 0 Å². The van der Waals surface area contributed by atoms with Gasteiger partial charge in [0.2, 0.25) is 0 Å². The Morgan fingerprint density at radius 3 is 2.79 bits per heavy atom. The van der Waals surface area contributed by atoms with Gasteiger partial charge < -0.3 is 20.3 Å². The van der Waals surface area contributed by atoms with Crippen molar-refractivity contribution in [1.29, 1.82) is 0 Å². The molecule has 3 N–H and O–H groups in total. The highest BCUT2D eigenvalue weighted by Gasteiger charge is 2.09. The molecule has 1 aliphatic heterocycles. The molecule has 1 aromatic carbocycles. The van der Waals surface area contributed by atoms with E-state index < -0.39 is 0 Å². The van der Waals surface area contributed by atoms with Crippen LogP contribution in [0.2, 0.25) is 0 Å². The molecule has 0 amide bonds. The molecule has 0 unspecified atom stereocenters. The monoisotopic (exact) mass is 266 g/mol. The zero-order chi connectivity index (χ0) is 13.5. The van der Waals surface area contributed by atoms with Gasteiger partial charge in [-0.1, -0.05) is 12.1 Å². The number of aromatic hydroxyl groups is 2. The van der Waals surface area contributed by atoms with Crippen LogP contribution >= 0.6 is 0 Å². The molecule has 0 saturated carbocycles. The molecule has 106 valence electrons. The Bertz CT molecular complexity index is 392. The summed E-state index contributed by atoms with van der Waals surface area (Å²) in [7, 11) is 0. The number of benzene rings is 1. The zero-order valence-electron chi connectivity index (χ0n) is 11.1. The summed E-state index contributed by atoms with van der Waals surface area (Å²) in [5, 5.41) is 22.3. The van der Waals surface area contributed by atoms with Gasteiger partial charge >= 0.3 is 0 Å². The van der Waals surface area contributed by atoms with Crippen LogP contribution in [0.25, 0.3) is 0 Å². The van der Waals surface area contributed by atoms with E-state index in [1.807, 2.05) is 6.07 Å². The number of morpholine rings is 1. The predicted molar refractivity (Wildman–Crippen MR) is 73.4 cm³/mol. The van der Waals surface area contributed by atoms with Gasteiger partial charge in [0, 0.05) is 25.2 Å². The fourth-order valence-corrected chi connectivity index (χ4v) is 2.20. The number of hydrogen-bond donors (Lipinski definition) is 3. The van der Waals surface area contributed by atoms with Crippen molar-refractivity contribution in [3.63, 3.8) is 0 Å². The van der Waals surface area contributed by atoms with Gasteiger partial charge in [0.15, 0.2) is 11.5 Å². The van der Waals surface area contributed by atoms with E-state index in [1.165, 1.54) is 6.07 Å². The Kier molecular flexibility index (Phi) is 5.44. The minimum atomic E-state index is -0.0624. The minimum absolute atomic E-state index is 0.0248. The molecule has 5 heteroatoms. The zero-order valence-corrected chi connectivity index (χ0v) is 11.1. The highest BCUT2D eigenvalue weighted by atomic mass is 16.5. The van der Waals surface area contributed by atoms with Crippen LogP contribution in [0.5, 0.6) is 11.5 Å². The van der Waals surface area contributed by atoms with Crippen LogP contribution in [-0.2, 0) is 11.3 Å². The molecule has 0 spiro atoms. The van der Waals surface area contributed by atoms with E-state index in [-0.39, 0.29) is 11.5 Å². The highest BCUT2D eigenvalue weighted by molar-refractivity contribution is 5.44. The summed E-state index contributed by atoms with van der Waals surface area (Å²) in [4.78, 5) is 2.40. The van der Waals surface area contributed by atoms with Gasteiger partial charge in [-0.2, -0.15) is 0 Å². The molecular weight excluding hydrogens is 244 g/mol. The fourth-order valence-electron chi connectivity index (χ4n) is 2.20. The summed E-state index contributed by atoms with van der Waals surface area (Å²) in [6, 6.07) is 5.03. The van der Waals surface area contributed by atoms with Crippen LogP contribution in [0.1, 0.15) is 12.0 Å². The molecule has 5 nitrogen and oxygen atoms in total. The molecule has 0 aromatic heterocycles. The molecule has 0 atom stereocenters. The van der Waals surface area contributed by atoms with Gasteiger partial charge in [-0.3, -0.25) is 4.90 Å². The normalized spacial score (nSPS) is 16.6. The lowest BCUT2D eigenvalue weighted by Gasteiger charge is -2.26. The smallest absolute Gasteiger partial charge is 0.161 e. The Labute approximate surface area is 113 Å². The molecule has 1 aromatic rings. The molecule has 0 bridgehead atoms. The molecular formula is C14H22N2O3. The Hall–Kier alpha value is -1.30. The van der Waals surface area contributed by atoms with Gasteiger partial charge in [0.05, 0.1) is 13.2 Å². The van der Waals surface area contributed by atoms with Crippen molar-refractivity contribution in [2.45, 2.75) is 13.0 Å². The van der Waals surface area contributed by atoms with Gasteiger partial charge in [-0.05, 0) is 25.6 Å².